The SMILES string of the molecule is CC(=O)O.COc1cc(-c2nn(C3CCC(N4CCN(C)CC4)CC3)c3ncnc(N)c23)ccc1N[C@@H]1COc2cc(Cl)cc(Cl)c21. The van der Waals surface area contributed by atoms with E-state index in [9.17, 15) is 0 Å². The van der Waals surface area contributed by atoms with Crippen molar-refractivity contribution in [3.63, 3.8) is 0 Å². The van der Waals surface area contributed by atoms with E-state index in [0.717, 1.165) is 92.3 Å². The fourth-order valence-electron chi connectivity index (χ4n) is 6.84. The molecule has 0 spiro atoms. The number of rotatable bonds is 6. The maximum Gasteiger partial charge on any atom is 0.300 e. The summed E-state index contributed by atoms with van der Waals surface area (Å²) >= 11 is 12.7. The smallest absolute Gasteiger partial charge is 0.300 e. The number of halogens is 2. The van der Waals surface area contributed by atoms with E-state index in [0.29, 0.717) is 40.0 Å². The average Bonchev–Trinajstić information content (AvgIpc) is 3.64. The summed E-state index contributed by atoms with van der Waals surface area (Å²) in [5.74, 6) is 0.948. The number of nitrogens with one attached hydrogen (secondary N) is 1. The number of carbonyl (C=O) groups is 1. The number of fused-ring (bicyclic) bond motifs is 2. The number of nitrogen functional groups attached to an aromatic ring is 1. The zero-order valence-electron chi connectivity index (χ0n) is 26.7. The molecule has 2 fully saturated rings. The molecule has 7 rings (SSSR count). The molecule has 1 saturated heterocycles. The van der Waals surface area contributed by atoms with Gasteiger partial charge in [-0.1, -0.05) is 29.3 Å². The van der Waals surface area contributed by atoms with Crippen LogP contribution in [0.3, 0.4) is 0 Å². The molecule has 47 heavy (non-hydrogen) atoms. The molecule has 4 heterocycles. The van der Waals surface area contributed by atoms with Gasteiger partial charge in [-0.25, -0.2) is 14.6 Å². The number of piperazine rings is 1. The van der Waals surface area contributed by atoms with Crippen LogP contribution in [0.15, 0.2) is 36.7 Å². The second-order valence-corrected chi connectivity index (χ2v) is 13.1. The first kappa shape index (κ1) is 33.1. The summed E-state index contributed by atoms with van der Waals surface area (Å²) in [5.41, 5.74) is 10.6. The number of methoxy groups -OCH3 is 1. The van der Waals surface area contributed by atoms with Gasteiger partial charge in [0.1, 0.15) is 35.9 Å². The standard InChI is InChI=1S/C31H36Cl2N8O2.C2H4O2/c1-39-9-11-40(12-10-39)20-4-6-21(7-5-20)41-31-28(30(34)35-17-36-31)29(38-41)18-3-8-23(25(13-18)42-2)37-24-16-43-26-15-19(32)14-22(33)27(24)26;1-2(3)4/h3,8,13-15,17,20-21,24,37H,4-7,9-12,16H2,1-2H3,(H2,34,35,36);1H3,(H,3,4)/t20?,21?,24-;/m1./s1. The Bertz CT molecular complexity index is 1750. The Kier molecular flexibility index (Phi) is 9.93. The van der Waals surface area contributed by atoms with Crippen LogP contribution in [0.25, 0.3) is 22.3 Å². The summed E-state index contributed by atoms with van der Waals surface area (Å²) in [6, 6.07) is 10.3. The van der Waals surface area contributed by atoms with E-state index < -0.39 is 5.97 Å². The molecule has 0 unspecified atom stereocenters. The van der Waals surface area contributed by atoms with E-state index in [4.69, 9.17) is 53.4 Å². The van der Waals surface area contributed by atoms with E-state index in [1.54, 1.807) is 19.2 Å². The van der Waals surface area contributed by atoms with Crippen LogP contribution >= 0.6 is 23.2 Å². The van der Waals surface area contributed by atoms with Crippen LogP contribution in [0.2, 0.25) is 10.0 Å². The number of likely N-dealkylation sites (N-methyl/N-ethyl adjacent to an activating group) is 1. The Morgan fingerprint density at radius 2 is 1.77 bits per heavy atom. The first-order valence-electron chi connectivity index (χ1n) is 15.8. The molecule has 3 aliphatic rings. The van der Waals surface area contributed by atoms with Crippen molar-refractivity contribution in [3.05, 3.63) is 52.3 Å². The monoisotopic (exact) mass is 682 g/mol. The molecule has 2 aliphatic heterocycles. The minimum Gasteiger partial charge on any atom is -0.495 e. The molecule has 1 aliphatic carbocycles. The Labute approximate surface area is 283 Å². The van der Waals surface area contributed by atoms with Crippen molar-refractivity contribution < 1.29 is 19.4 Å². The van der Waals surface area contributed by atoms with Gasteiger partial charge in [-0.05, 0) is 57.0 Å². The molecule has 14 heteroatoms. The van der Waals surface area contributed by atoms with E-state index in [2.05, 4.69) is 36.8 Å². The highest BCUT2D eigenvalue weighted by Crippen LogP contribution is 2.44. The number of carboxylic acids is 1. The molecular weight excluding hydrogens is 643 g/mol. The van der Waals surface area contributed by atoms with Gasteiger partial charge in [0.25, 0.3) is 5.97 Å². The van der Waals surface area contributed by atoms with E-state index in [1.807, 2.05) is 18.2 Å². The molecule has 0 radical (unpaired) electrons. The van der Waals surface area contributed by atoms with Crippen molar-refractivity contribution >= 4 is 51.7 Å². The van der Waals surface area contributed by atoms with Crippen molar-refractivity contribution in [2.24, 2.45) is 0 Å². The quantitative estimate of drug-likeness (QED) is 0.228. The molecule has 4 aromatic rings. The molecule has 1 atom stereocenters. The van der Waals surface area contributed by atoms with Gasteiger partial charge in [0.15, 0.2) is 5.65 Å². The highest BCUT2D eigenvalue weighted by molar-refractivity contribution is 6.35. The summed E-state index contributed by atoms with van der Waals surface area (Å²) in [4.78, 5) is 23.1. The summed E-state index contributed by atoms with van der Waals surface area (Å²) in [5, 5.41) is 18.0. The Morgan fingerprint density at radius 3 is 2.47 bits per heavy atom. The topological polar surface area (TPSA) is 144 Å². The Balaban J connectivity index is 0.000000915. The minimum absolute atomic E-state index is 0.149. The van der Waals surface area contributed by atoms with E-state index >= 15 is 0 Å². The van der Waals surface area contributed by atoms with Crippen LogP contribution in [0, 0.1) is 0 Å². The van der Waals surface area contributed by atoms with Crippen LogP contribution < -0.4 is 20.5 Å². The van der Waals surface area contributed by atoms with Crippen LogP contribution in [-0.4, -0.2) is 93.6 Å². The van der Waals surface area contributed by atoms with Gasteiger partial charge in [0.05, 0.1) is 35.3 Å². The lowest BCUT2D eigenvalue weighted by Crippen LogP contribution is -2.49. The maximum atomic E-state index is 9.00. The largest absolute Gasteiger partial charge is 0.495 e. The lowest BCUT2D eigenvalue weighted by Gasteiger charge is -2.41. The number of carboxylic acid groups (broad SMARTS) is 1. The predicted octanol–water partition coefficient (Wildman–Crippen LogP) is 5.76. The van der Waals surface area contributed by atoms with Crippen LogP contribution in [0.4, 0.5) is 11.5 Å². The normalized spacial score (nSPS) is 21.4. The number of aliphatic carboxylic acids is 1. The van der Waals surface area contributed by atoms with Gasteiger partial charge in [-0.3, -0.25) is 9.69 Å². The van der Waals surface area contributed by atoms with Crippen molar-refractivity contribution in [1.29, 1.82) is 0 Å². The molecule has 4 N–H and O–H groups in total. The highest BCUT2D eigenvalue weighted by atomic mass is 35.5. The van der Waals surface area contributed by atoms with Gasteiger partial charge >= 0.3 is 0 Å². The minimum atomic E-state index is -0.833. The zero-order chi connectivity index (χ0) is 33.2. The van der Waals surface area contributed by atoms with Gasteiger partial charge < -0.3 is 30.5 Å². The lowest BCUT2D eigenvalue weighted by molar-refractivity contribution is -0.134. The molecule has 2 aromatic carbocycles. The average molecular weight is 684 g/mol. The number of benzene rings is 2. The number of hydrogen-bond acceptors (Lipinski definition) is 10. The summed E-state index contributed by atoms with van der Waals surface area (Å²) in [6.07, 6.45) is 5.96. The van der Waals surface area contributed by atoms with E-state index in [-0.39, 0.29) is 12.1 Å². The van der Waals surface area contributed by atoms with Crippen molar-refractivity contribution in [2.45, 2.75) is 50.7 Å². The van der Waals surface area contributed by atoms with Crippen LogP contribution in [-0.2, 0) is 4.79 Å². The van der Waals surface area contributed by atoms with Gasteiger partial charge in [-0.2, -0.15) is 5.10 Å². The number of nitrogens with two attached hydrogens (primary N) is 1. The number of ether oxygens (including phenoxy) is 2. The fraction of sp³-hybridized carbons (Fsp3) is 0.455. The van der Waals surface area contributed by atoms with Gasteiger partial charge in [-0.15, -0.1) is 0 Å². The molecule has 1 saturated carbocycles. The third-order valence-electron chi connectivity index (χ3n) is 9.20. The third-order valence-corrected chi connectivity index (χ3v) is 9.73. The Morgan fingerprint density at radius 1 is 1.06 bits per heavy atom. The van der Waals surface area contributed by atoms with Crippen molar-refractivity contribution in [1.82, 2.24) is 29.5 Å². The number of nitrogens with zero attached hydrogens (tertiary/aromatic N) is 6. The molecule has 12 nitrogen and oxygen atoms in total. The molecule has 2 aromatic heterocycles. The highest BCUT2D eigenvalue weighted by Gasteiger charge is 2.32. The Hall–Kier alpha value is -3.84. The van der Waals surface area contributed by atoms with Crippen LogP contribution in [0.5, 0.6) is 11.5 Å². The second kappa shape index (κ2) is 14.1. The summed E-state index contributed by atoms with van der Waals surface area (Å²) < 4.78 is 13.8. The first-order chi connectivity index (χ1) is 22.6. The van der Waals surface area contributed by atoms with Gasteiger partial charge in [0.2, 0.25) is 0 Å². The number of aromatic nitrogens is 4. The lowest BCUT2D eigenvalue weighted by atomic mass is 9.90. The number of anilines is 2. The maximum absolute atomic E-state index is 9.00. The molecule has 0 amide bonds. The molecular formula is C33H40Cl2N8O4. The fourth-order valence-corrected chi connectivity index (χ4v) is 7.45. The molecule has 0 bridgehead atoms. The molecule has 250 valence electrons. The van der Waals surface area contributed by atoms with Crippen molar-refractivity contribution in [2.75, 3.05) is 58.0 Å². The summed E-state index contributed by atoms with van der Waals surface area (Å²) in [6.45, 7) is 6.11. The van der Waals surface area contributed by atoms with Gasteiger partial charge in [0, 0.05) is 55.3 Å². The zero-order valence-corrected chi connectivity index (χ0v) is 28.3. The summed E-state index contributed by atoms with van der Waals surface area (Å²) in [7, 11) is 3.86. The van der Waals surface area contributed by atoms with E-state index in [1.165, 1.54) is 6.33 Å². The first-order valence-corrected chi connectivity index (χ1v) is 16.6. The second-order valence-electron chi connectivity index (χ2n) is 12.3. The van der Waals surface area contributed by atoms with Crippen LogP contribution in [0.1, 0.15) is 50.3 Å². The number of hydrogen-bond donors (Lipinski definition) is 3. The van der Waals surface area contributed by atoms with Crippen molar-refractivity contribution in [3.8, 4) is 22.8 Å². The third kappa shape index (κ3) is 7.06. The predicted molar refractivity (Wildman–Crippen MR) is 184 cm³/mol.